The molecule has 2 aliphatic carbocycles. The quantitative estimate of drug-likeness (QED) is 0.173. The van der Waals surface area contributed by atoms with E-state index in [2.05, 4.69) is 192 Å². The lowest BCUT2D eigenvalue weighted by molar-refractivity contribution is 0.565. The van der Waals surface area contributed by atoms with Gasteiger partial charge < -0.3 is 9.80 Å². The van der Waals surface area contributed by atoms with Crippen molar-refractivity contribution >= 4 is 22.7 Å². The molecule has 2 aliphatic heterocycles. The number of anilines is 4. The Balaban J connectivity index is 1.07. The van der Waals surface area contributed by atoms with Crippen molar-refractivity contribution in [1.29, 1.82) is 0 Å². The lowest BCUT2D eigenvalue weighted by Crippen LogP contribution is -2.30. The Kier molecular flexibility index (Phi) is 6.94. The molecule has 0 spiro atoms. The molecule has 4 aliphatic rings. The van der Waals surface area contributed by atoms with E-state index in [1.54, 1.807) is 0 Å². The van der Waals surface area contributed by atoms with Crippen molar-refractivity contribution in [3.63, 3.8) is 0 Å². The number of rotatable bonds is 5. The van der Waals surface area contributed by atoms with Gasteiger partial charge in [0, 0.05) is 40.6 Å². The summed E-state index contributed by atoms with van der Waals surface area (Å²) in [7, 11) is 0. The monoisotopic (exact) mass is 642 g/mol. The van der Waals surface area contributed by atoms with Crippen LogP contribution in [-0.2, 0) is 0 Å². The predicted molar refractivity (Wildman–Crippen MR) is 210 cm³/mol. The van der Waals surface area contributed by atoms with Crippen LogP contribution in [0.3, 0.4) is 0 Å². The minimum atomic E-state index is 0.249. The zero-order valence-electron chi connectivity index (χ0n) is 27.9. The zero-order valence-corrected chi connectivity index (χ0v) is 27.9. The van der Waals surface area contributed by atoms with E-state index < -0.39 is 0 Å². The number of hydrogen-bond donors (Lipinski definition) is 0. The Morgan fingerprint density at radius 2 is 0.960 bits per heavy atom. The average Bonchev–Trinajstić information content (AvgIpc) is 3.71. The number of hydrogen-bond acceptors (Lipinski definition) is 2. The predicted octanol–water partition coefficient (Wildman–Crippen LogP) is 12.4. The maximum atomic E-state index is 2.64. The molecule has 2 heterocycles. The van der Waals surface area contributed by atoms with E-state index in [0.717, 1.165) is 12.8 Å². The van der Waals surface area contributed by atoms with Crippen LogP contribution < -0.4 is 9.80 Å². The topological polar surface area (TPSA) is 6.48 Å². The molecule has 0 bridgehead atoms. The van der Waals surface area contributed by atoms with E-state index in [1.165, 1.54) is 67.3 Å². The van der Waals surface area contributed by atoms with E-state index in [4.69, 9.17) is 0 Å². The van der Waals surface area contributed by atoms with Gasteiger partial charge in [0.05, 0.1) is 6.04 Å². The molecule has 0 saturated carbocycles. The summed E-state index contributed by atoms with van der Waals surface area (Å²) in [5.74, 6) is 0.731. The molecule has 4 unspecified atom stereocenters. The molecule has 0 saturated heterocycles. The minimum absolute atomic E-state index is 0.249. The van der Waals surface area contributed by atoms with Crippen LogP contribution in [0.25, 0.3) is 33.4 Å². The second kappa shape index (κ2) is 11.9. The number of allylic oxidation sites excluding steroid dienone is 3. The van der Waals surface area contributed by atoms with Gasteiger partial charge in [0.2, 0.25) is 0 Å². The Bertz CT molecular complexity index is 2310. The number of fused-ring (bicyclic) bond motifs is 6. The molecule has 0 fully saturated rings. The third kappa shape index (κ3) is 4.78. The first kappa shape index (κ1) is 29.1. The molecule has 0 amide bonds. The van der Waals surface area contributed by atoms with Gasteiger partial charge in [0.25, 0.3) is 0 Å². The fourth-order valence-corrected chi connectivity index (χ4v) is 8.89. The molecule has 6 aromatic carbocycles. The van der Waals surface area contributed by atoms with Gasteiger partial charge in [0.15, 0.2) is 0 Å². The third-order valence-electron chi connectivity index (χ3n) is 11.2. The Morgan fingerprint density at radius 1 is 0.420 bits per heavy atom. The zero-order chi connectivity index (χ0) is 33.0. The summed E-state index contributed by atoms with van der Waals surface area (Å²) in [6, 6.07) is 54.7. The summed E-state index contributed by atoms with van der Waals surface area (Å²) in [6.45, 7) is 0. The standard InChI is InChI=1S/C48H38N2/c1-3-13-33(14-4-1)35-17-11-19-39(29-35)49-45-23-9-7-21-41(45)43-27-25-37(31-47(43)49)38-26-28-44-42-22-8-10-24-46(42)50(48(44)32-38)40-20-12-18-36(30-40)34-15-5-2-6-16-34/h1-9,11-23,25-32,41-42,45-46H,10,24H2. The van der Waals surface area contributed by atoms with Crippen LogP contribution >= 0.6 is 0 Å². The van der Waals surface area contributed by atoms with Gasteiger partial charge in [-0.1, -0.05) is 146 Å². The van der Waals surface area contributed by atoms with Gasteiger partial charge in [-0.25, -0.2) is 0 Å². The van der Waals surface area contributed by atoms with Crippen LogP contribution in [0.15, 0.2) is 182 Å². The van der Waals surface area contributed by atoms with Crippen molar-refractivity contribution in [2.24, 2.45) is 0 Å². The molecule has 240 valence electrons. The highest BCUT2D eigenvalue weighted by molar-refractivity contribution is 5.85. The molecular formula is C48H38N2. The maximum Gasteiger partial charge on any atom is 0.0629 e. The lowest BCUT2D eigenvalue weighted by atomic mass is 9.87. The molecule has 0 radical (unpaired) electrons. The van der Waals surface area contributed by atoms with E-state index in [0.29, 0.717) is 17.9 Å². The van der Waals surface area contributed by atoms with Crippen LogP contribution in [0.2, 0.25) is 0 Å². The first-order valence-corrected chi connectivity index (χ1v) is 18.0. The molecular weight excluding hydrogens is 605 g/mol. The van der Waals surface area contributed by atoms with E-state index in [-0.39, 0.29) is 6.04 Å². The summed E-state index contributed by atoms with van der Waals surface area (Å²) in [4.78, 5) is 5.20. The largest absolute Gasteiger partial charge is 0.337 e. The Hall–Kier alpha value is -5.86. The van der Waals surface area contributed by atoms with E-state index in [1.807, 2.05) is 0 Å². The highest BCUT2D eigenvalue weighted by atomic mass is 15.2. The summed E-state index contributed by atoms with van der Waals surface area (Å²) in [5.41, 5.74) is 15.5. The first-order chi connectivity index (χ1) is 24.8. The van der Waals surface area contributed by atoms with Crippen molar-refractivity contribution in [3.8, 4) is 33.4 Å². The molecule has 0 aromatic heterocycles. The van der Waals surface area contributed by atoms with Crippen molar-refractivity contribution in [1.82, 2.24) is 0 Å². The van der Waals surface area contributed by atoms with Crippen LogP contribution in [-0.4, -0.2) is 12.1 Å². The van der Waals surface area contributed by atoms with Crippen LogP contribution in [0.4, 0.5) is 22.7 Å². The molecule has 2 heteroatoms. The van der Waals surface area contributed by atoms with Crippen molar-refractivity contribution < 1.29 is 0 Å². The Morgan fingerprint density at radius 3 is 1.62 bits per heavy atom. The summed E-state index contributed by atoms with van der Waals surface area (Å²) >= 11 is 0. The summed E-state index contributed by atoms with van der Waals surface area (Å²) in [6.07, 6.45) is 16.3. The molecule has 2 nitrogen and oxygen atoms in total. The van der Waals surface area contributed by atoms with Crippen LogP contribution in [0.5, 0.6) is 0 Å². The number of benzene rings is 6. The minimum Gasteiger partial charge on any atom is -0.337 e. The molecule has 10 rings (SSSR count). The van der Waals surface area contributed by atoms with E-state index in [9.17, 15) is 0 Å². The second-order valence-corrected chi connectivity index (χ2v) is 14.0. The highest BCUT2D eigenvalue weighted by Gasteiger charge is 2.40. The normalized spacial score (nSPS) is 21.1. The molecule has 6 aromatic rings. The fraction of sp³-hybridized carbons (Fsp3) is 0.125. The second-order valence-electron chi connectivity index (χ2n) is 14.0. The van der Waals surface area contributed by atoms with Gasteiger partial charge in [-0.2, -0.15) is 0 Å². The van der Waals surface area contributed by atoms with Crippen molar-refractivity contribution in [2.75, 3.05) is 9.80 Å². The third-order valence-corrected chi connectivity index (χ3v) is 11.2. The van der Waals surface area contributed by atoms with Gasteiger partial charge in [-0.3, -0.25) is 0 Å². The SMILES string of the molecule is C1=CC2c3ccc(-c4ccc5c(c4)N(c4cccc(-c6ccccc6)c4)C4CCC=CC54)cc3N(c3cccc(-c4ccccc4)c3)C2C=C1. The van der Waals surface area contributed by atoms with Gasteiger partial charge in [-0.05, 0) is 93.7 Å². The highest BCUT2D eigenvalue weighted by Crippen LogP contribution is 2.52. The molecule has 4 atom stereocenters. The van der Waals surface area contributed by atoms with Crippen LogP contribution in [0, 0.1) is 0 Å². The van der Waals surface area contributed by atoms with Gasteiger partial charge in [-0.15, -0.1) is 0 Å². The summed E-state index contributed by atoms with van der Waals surface area (Å²) < 4.78 is 0. The van der Waals surface area contributed by atoms with Gasteiger partial charge >= 0.3 is 0 Å². The van der Waals surface area contributed by atoms with Gasteiger partial charge in [0.1, 0.15) is 0 Å². The van der Waals surface area contributed by atoms with Crippen molar-refractivity contribution in [2.45, 2.75) is 36.8 Å². The summed E-state index contributed by atoms with van der Waals surface area (Å²) in [5, 5.41) is 0. The molecule has 50 heavy (non-hydrogen) atoms. The number of nitrogens with zero attached hydrogens (tertiary/aromatic N) is 2. The molecule has 0 N–H and O–H groups in total. The lowest BCUT2D eigenvalue weighted by Gasteiger charge is -2.32. The van der Waals surface area contributed by atoms with E-state index >= 15 is 0 Å². The maximum absolute atomic E-state index is 2.64. The van der Waals surface area contributed by atoms with Crippen LogP contribution in [0.1, 0.15) is 35.8 Å². The fourth-order valence-electron chi connectivity index (χ4n) is 8.89. The average molecular weight is 643 g/mol. The van der Waals surface area contributed by atoms with Crippen molar-refractivity contribution in [3.05, 3.63) is 193 Å². The Labute approximate surface area is 295 Å². The smallest absolute Gasteiger partial charge is 0.0629 e. The first-order valence-electron chi connectivity index (χ1n) is 18.0.